The van der Waals surface area contributed by atoms with Gasteiger partial charge in [-0.3, -0.25) is 9.69 Å². The maximum absolute atomic E-state index is 12.6. The zero-order chi connectivity index (χ0) is 19.4. The van der Waals surface area contributed by atoms with E-state index in [9.17, 15) is 18.0 Å². The van der Waals surface area contributed by atoms with Gasteiger partial charge < -0.3 is 10.2 Å². The number of benzene rings is 2. The van der Waals surface area contributed by atoms with Crippen LogP contribution < -0.4 is 10.2 Å². The number of nitrogens with zero attached hydrogens (tertiary/aromatic N) is 2. The lowest BCUT2D eigenvalue weighted by molar-refractivity contribution is -0.137. The number of anilines is 2. The number of rotatable bonds is 4. The molecule has 1 aliphatic heterocycles. The second kappa shape index (κ2) is 8.00. The summed E-state index contributed by atoms with van der Waals surface area (Å²) in [6.45, 7) is 5.49. The molecule has 27 heavy (non-hydrogen) atoms. The molecule has 1 fully saturated rings. The maximum Gasteiger partial charge on any atom is 0.416 e. The molecular weight excluding hydrogens is 355 g/mol. The Kier molecular flexibility index (Phi) is 5.70. The molecular formula is C20H22F3N3O. The Labute approximate surface area is 156 Å². The van der Waals surface area contributed by atoms with Crippen LogP contribution >= 0.6 is 0 Å². The summed E-state index contributed by atoms with van der Waals surface area (Å²) in [5.41, 5.74) is 2.08. The number of hydrogen-bond acceptors (Lipinski definition) is 3. The lowest BCUT2D eigenvalue weighted by Crippen LogP contribution is -2.48. The van der Waals surface area contributed by atoms with E-state index in [1.54, 1.807) is 0 Å². The van der Waals surface area contributed by atoms with Gasteiger partial charge in [0.15, 0.2) is 0 Å². The van der Waals surface area contributed by atoms with Crippen molar-refractivity contribution in [2.45, 2.75) is 13.1 Å². The molecule has 1 aliphatic rings. The van der Waals surface area contributed by atoms with Crippen molar-refractivity contribution in [2.75, 3.05) is 42.9 Å². The highest BCUT2D eigenvalue weighted by Gasteiger charge is 2.30. The van der Waals surface area contributed by atoms with Gasteiger partial charge in [0.25, 0.3) is 0 Å². The van der Waals surface area contributed by atoms with Gasteiger partial charge in [-0.2, -0.15) is 13.2 Å². The molecule has 1 amide bonds. The van der Waals surface area contributed by atoms with E-state index in [-0.39, 0.29) is 12.5 Å². The molecule has 0 aliphatic carbocycles. The highest BCUT2D eigenvalue weighted by molar-refractivity contribution is 5.92. The van der Waals surface area contributed by atoms with Crippen LogP contribution in [0.3, 0.4) is 0 Å². The SMILES string of the molecule is Cc1ccccc1N1CCN(CC(=O)Nc2ccc(C(F)(F)F)cc2)CC1. The van der Waals surface area contributed by atoms with E-state index in [1.807, 2.05) is 17.0 Å². The topological polar surface area (TPSA) is 35.6 Å². The van der Waals surface area contributed by atoms with Crippen LogP contribution in [0.1, 0.15) is 11.1 Å². The Balaban J connectivity index is 1.49. The summed E-state index contributed by atoms with van der Waals surface area (Å²) in [4.78, 5) is 16.5. The monoisotopic (exact) mass is 377 g/mol. The minimum absolute atomic E-state index is 0.223. The fourth-order valence-corrected chi connectivity index (χ4v) is 3.21. The summed E-state index contributed by atoms with van der Waals surface area (Å²) in [6, 6.07) is 12.7. The van der Waals surface area contributed by atoms with Gasteiger partial charge in [0, 0.05) is 37.6 Å². The maximum atomic E-state index is 12.6. The van der Waals surface area contributed by atoms with E-state index in [1.165, 1.54) is 23.4 Å². The molecule has 0 bridgehead atoms. The molecule has 1 saturated heterocycles. The molecule has 0 atom stereocenters. The molecule has 2 aromatic rings. The number of alkyl halides is 3. The number of carbonyl (C=O) groups is 1. The molecule has 0 spiro atoms. The molecule has 0 radical (unpaired) electrons. The van der Waals surface area contributed by atoms with Crippen LogP contribution in [0.25, 0.3) is 0 Å². The predicted octanol–water partition coefficient (Wildman–Crippen LogP) is 3.77. The van der Waals surface area contributed by atoms with Crippen molar-refractivity contribution in [1.82, 2.24) is 4.90 Å². The number of carbonyl (C=O) groups excluding carboxylic acids is 1. The molecule has 7 heteroatoms. The van der Waals surface area contributed by atoms with Crippen LogP contribution in [-0.2, 0) is 11.0 Å². The van der Waals surface area contributed by atoms with Gasteiger partial charge in [0.2, 0.25) is 5.91 Å². The van der Waals surface area contributed by atoms with Crippen LogP contribution in [0.15, 0.2) is 48.5 Å². The van der Waals surface area contributed by atoms with Crippen molar-refractivity contribution < 1.29 is 18.0 Å². The smallest absolute Gasteiger partial charge is 0.369 e. The third kappa shape index (κ3) is 5.01. The third-order valence-corrected chi connectivity index (χ3v) is 4.69. The second-order valence-corrected chi connectivity index (χ2v) is 6.67. The quantitative estimate of drug-likeness (QED) is 0.881. The van der Waals surface area contributed by atoms with Gasteiger partial charge in [-0.15, -0.1) is 0 Å². The first-order chi connectivity index (χ1) is 12.8. The van der Waals surface area contributed by atoms with Crippen LogP contribution in [-0.4, -0.2) is 43.5 Å². The normalized spacial score (nSPS) is 15.6. The Morgan fingerprint density at radius 3 is 2.22 bits per heavy atom. The summed E-state index contributed by atoms with van der Waals surface area (Å²) in [5.74, 6) is -0.223. The van der Waals surface area contributed by atoms with Gasteiger partial charge in [0.05, 0.1) is 12.1 Å². The summed E-state index contributed by atoms with van der Waals surface area (Å²) in [5, 5.41) is 2.66. The average molecular weight is 377 g/mol. The number of aryl methyl sites for hydroxylation is 1. The zero-order valence-electron chi connectivity index (χ0n) is 15.1. The van der Waals surface area contributed by atoms with Crippen LogP contribution in [0.2, 0.25) is 0 Å². The Hall–Kier alpha value is -2.54. The molecule has 0 saturated carbocycles. The molecule has 1 heterocycles. The molecule has 144 valence electrons. The fraction of sp³-hybridized carbons (Fsp3) is 0.350. The van der Waals surface area contributed by atoms with Gasteiger partial charge in [0.1, 0.15) is 0 Å². The highest BCUT2D eigenvalue weighted by atomic mass is 19.4. The first-order valence-electron chi connectivity index (χ1n) is 8.83. The molecule has 2 aromatic carbocycles. The summed E-state index contributed by atoms with van der Waals surface area (Å²) >= 11 is 0. The lowest BCUT2D eigenvalue weighted by Gasteiger charge is -2.36. The summed E-state index contributed by atoms with van der Waals surface area (Å²) in [6.07, 6.45) is -4.38. The fourth-order valence-electron chi connectivity index (χ4n) is 3.21. The Morgan fingerprint density at radius 2 is 1.63 bits per heavy atom. The summed E-state index contributed by atoms with van der Waals surface area (Å²) < 4.78 is 37.7. The van der Waals surface area contributed by atoms with E-state index in [2.05, 4.69) is 29.3 Å². The van der Waals surface area contributed by atoms with Gasteiger partial charge in [-0.05, 0) is 42.8 Å². The first kappa shape index (κ1) is 19.2. The van der Waals surface area contributed by atoms with E-state index in [0.29, 0.717) is 5.69 Å². The first-order valence-corrected chi connectivity index (χ1v) is 8.83. The number of halogens is 3. The average Bonchev–Trinajstić information content (AvgIpc) is 2.62. The standard InChI is InChI=1S/C20H22F3N3O/c1-15-4-2-3-5-18(15)26-12-10-25(11-13-26)14-19(27)24-17-8-6-16(7-9-17)20(21,22)23/h2-9H,10-14H2,1H3,(H,24,27). The number of para-hydroxylation sites is 1. The minimum Gasteiger partial charge on any atom is -0.369 e. The van der Waals surface area contributed by atoms with E-state index in [0.717, 1.165) is 38.3 Å². The van der Waals surface area contributed by atoms with Crippen LogP contribution in [0.5, 0.6) is 0 Å². The number of piperazine rings is 1. The zero-order valence-corrected chi connectivity index (χ0v) is 15.1. The van der Waals surface area contributed by atoms with Crippen molar-refractivity contribution >= 4 is 17.3 Å². The molecule has 0 aromatic heterocycles. The molecule has 3 rings (SSSR count). The van der Waals surface area contributed by atoms with Crippen molar-refractivity contribution in [1.29, 1.82) is 0 Å². The number of amides is 1. The number of hydrogen-bond donors (Lipinski definition) is 1. The minimum atomic E-state index is -4.38. The highest BCUT2D eigenvalue weighted by Crippen LogP contribution is 2.29. The lowest BCUT2D eigenvalue weighted by atomic mass is 10.1. The predicted molar refractivity (Wildman–Crippen MR) is 99.9 cm³/mol. The second-order valence-electron chi connectivity index (χ2n) is 6.67. The van der Waals surface area contributed by atoms with Crippen LogP contribution in [0, 0.1) is 6.92 Å². The van der Waals surface area contributed by atoms with Crippen LogP contribution in [0.4, 0.5) is 24.5 Å². The van der Waals surface area contributed by atoms with Gasteiger partial charge in [-0.1, -0.05) is 18.2 Å². The third-order valence-electron chi connectivity index (χ3n) is 4.69. The largest absolute Gasteiger partial charge is 0.416 e. The molecule has 0 unspecified atom stereocenters. The van der Waals surface area contributed by atoms with Gasteiger partial charge in [-0.25, -0.2) is 0 Å². The molecule has 1 N–H and O–H groups in total. The Morgan fingerprint density at radius 1 is 1.00 bits per heavy atom. The van der Waals surface area contributed by atoms with Crippen molar-refractivity contribution in [2.24, 2.45) is 0 Å². The van der Waals surface area contributed by atoms with E-state index < -0.39 is 11.7 Å². The number of nitrogens with one attached hydrogen (secondary N) is 1. The molecule has 4 nitrogen and oxygen atoms in total. The van der Waals surface area contributed by atoms with Crippen molar-refractivity contribution in [3.63, 3.8) is 0 Å². The van der Waals surface area contributed by atoms with E-state index in [4.69, 9.17) is 0 Å². The van der Waals surface area contributed by atoms with Crippen molar-refractivity contribution in [3.8, 4) is 0 Å². The Bertz CT molecular complexity index is 782. The summed E-state index contributed by atoms with van der Waals surface area (Å²) in [7, 11) is 0. The van der Waals surface area contributed by atoms with Gasteiger partial charge >= 0.3 is 6.18 Å². The van der Waals surface area contributed by atoms with Crippen molar-refractivity contribution in [3.05, 3.63) is 59.7 Å². The van der Waals surface area contributed by atoms with E-state index >= 15 is 0 Å².